The van der Waals surface area contributed by atoms with Crippen LogP contribution in [0.5, 0.6) is 0 Å². The first-order chi connectivity index (χ1) is 14.0. The van der Waals surface area contributed by atoms with Gasteiger partial charge in [-0.3, -0.25) is 9.59 Å². The normalized spacial score (nSPS) is 25.1. The lowest BCUT2D eigenvalue weighted by molar-refractivity contribution is -0.121. The topological polar surface area (TPSA) is 80.3 Å². The summed E-state index contributed by atoms with van der Waals surface area (Å²) in [5.74, 6) is -0.165. The van der Waals surface area contributed by atoms with Crippen LogP contribution in [0.25, 0.3) is 0 Å². The molecule has 29 heavy (non-hydrogen) atoms. The van der Waals surface area contributed by atoms with Gasteiger partial charge in [0.05, 0.1) is 28.2 Å². The minimum atomic E-state index is -0.333. The molecule has 0 saturated carbocycles. The summed E-state index contributed by atoms with van der Waals surface area (Å²) < 4.78 is 6.08. The van der Waals surface area contributed by atoms with E-state index in [1.807, 2.05) is 12.1 Å². The number of fused-ring (bicyclic) bond motifs is 2. The zero-order valence-electron chi connectivity index (χ0n) is 15.8. The maximum absolute atomic E-state index is 13.1. The molecule has 2 bridgehead atoms. The second kappa shape index (κ2) is 8.30. The Morgan fingerprint density at radius 3 is 2.66 bits per heavy atom. The summed E-state index contributed by atoms with van der Waals surface area (Å²) in [5, 5.41) is 6.54. The highest BCUT2D eigenvalue weighted by atomic mass is 35.5. The Hall–Kier alpha value is -2.15. The lowest BCUT2D eigenvalue weighted by Gasteiger charge is -2.27. The fraction of sp³-hybridized carbons (Fsp3) is 0.381. The second-order valence-electron chi connectivity index (χ2n) is 7.34. The predicted octanol–water partition coefficient (Wildman–Crippen LogP) is 4.64. The van der Waals surface area contributed by atoms with Crippen molar-refractivity contribution in [3.05, 3.63) is 52.1 Å². The van der Waals surface area contributed by atoms with Crippen LogP contribution >= 0.6 is 23.2 Å². The largest absolute Gasteiger partial charge is 0.373 e. The van der Waals surface area contributed by atoms with Crippen LogP contribution in [0.15, 0.2) is 36.5 Å². The first kappa shape index (κ1) is 20.1. The van der Waals surface area contributed by atoms with Crippen molar-refractivity contribution in [1.82, 2.24) is 4.98 Å². The van der Waals surface area contributed by atoms with Crippen LogP contribution < -0.4 is 10.6 Å². The molecule has 4 rings (SSSR count). The zero-order valence-corrected chi connectivity index (χ0v) is 17.3. The molecule has 2 aliphatic heterocycles. The van der Waals surface area contributed by atoms with E-state index in [4.69, 9.17) is 27.9 Å². The van der Waals surface area contributed by atoms with Gasteiger partial charge in [-0.25, -0.2) is 4.98 Å². The number of pyridine rings is 1. The molecule has 2 N–H and O–H groups in total. The van der Waals surface area contributed by atoms with Crippen molar-refractivity contribution in [2.45, 2.75) is 44.3 Å². The summed E-state index contributed by atoms with van der Waals surface area (Å²) >= 11 is 12.0. The van der Waals surface area contributed by atoms with Gasteiger partial charge in [0.15, 0.2) is 0 Å². The minimum absolute atomic E-state index is 0.0262. The Labute approximate surface area is 178 Å². The second-order valence-corrected chi connectivity index (χ2v) is 8.15. The monoisotopic (exact) mass is 433 g/mol. The maximum atomic E-state index is 13.1. The molecule has 1 aromatic carbocycles. The molecule has 2 aromatic rings. The van der Waals surface area contributed by atoms with Crippen LogP contribution in [0, 0.1) is 5.92 Å². The molecule has 0 aliphatic carbocycles. The molecule has 2 saturated heterocycles. The number of rotatable bonds is 5. The molecule has 0 radical (unpaired) electrons. The summed E-state index contributed by atoms with van der Waals surface area (Å²) in [6, 6.07) is 8.73. The first-order valence-electron chi connectivity index (χ1n) is 9.63. The zero-order chi connectivity index (χ0) is 20.5. The third-order valence-corrected chi connectivity index (χ3v) is 6.26. The lowest BCUT2D eigenvalue weighted by Crippen LogP contribution is -2.36. The van der Waals surface area contributed by atoms with Crippen molar-refractivity contribution < 1.29 is 14.3 Å². The third kappa shape index (κ3) is 4.10. The van der Waals surface area contributed by atoms with E-state index in [0.29, 0.717) is 28.0 Å². The summed E-state index contributed by atoms with van der Waals surface area (Å²) in [6.07, 6.45) is 3.63. The predicted molar refractivity (Wildman–Crippen MR) is 112 cm³/mol. The smallest absolute Gasteiger partial charge is 0.230 e. The van der Waals surface area contributed by atoms with E-state index in [2.05, 4.69) is 15.6 Å². The average molecular weight is 434 g/mol. The lowest BCUT2D eigenvalue weighted by atomic mass is 9.75. The highest BCUT2D eigenvalue weighted by Gasteiger charge is 2.52. The number of carbonyl (C=O) groups is 2. The fourth-order valence-corrected chi connectivity index (χ4v) is 4.49. The van der Waals surface area contributed by atoms with Gasteiger partial charge in [0.1, 0.15) is 5.82 Å². The van der Waals surface area contributed by atoms with Gasteiger partial charge in [-0.05, 0) is 48.7 Å². The summed E-state index contributed by atoms with van der Waals surface area (Å²) in [5.41, 5.74) is 1.53. The Balaban J connectivity index is 1.57. The van der Waals surface area contributed by atoms with E-state index in [9.17, 15) is 9.59 Å². The van der Waals surface area contributed by atoms with Gasteiger partial charge in [-0.15, -0.1) is 0 Å². The van der Waals surface area contributed by atoms with E-state index in [-0.39, 0.29) is 35.9 Å². The number of nitrogens with one attached hydrogen (secondary N) is 2. The number of amides is 2. The molecular weight excluding hydrogens is 413 g/mol. The number of nitrogens with zero attached hydrogens (tertiary/aromatic N) is 1. The highest BCUT2D eigenvalue weighted by Crippen LogP contribution is 2.49. The van der Waals surface area contributed by atoms with E-state index in [1.165, 1.54) is 0 Å². The molecule has 3 heterocycles. The first-order valence-corrected chi connectivity index (χ1v) is 10.4. The number of benzene rings is 1. The molecule has 2 amide bonds. The summed E-state index contributed by atoms with van der Waals surface area (Å²) in [7, 11) is 0. The Kier molecular flexibility index (Phi) is 5.76. The van der Waals surface area contributed by atoms with Crippen molar-refractivity contribution >= 4 is 46.5 Å². The molecule has 8 heteroatoms. The summed E-state index contributed by atoms with van der Waals surface area (Å²) in [6.45, 7) is 1.78. The van der Waals surface area contributed by atoms with Gasteiger partial charge >= 0.3 is 0 Å². The quantitative estimate of drug-likeness (QED) is 0.719. The van der Waals surface area contributed by atoms with Gasteiger partial charge in [-0.2, -0.15) is 0 Å². The molecule has 0 unspecified atom stereocenters. The van der Waals surface area contributed by atoms with Crippen molar-refractivity contribution in [2.75, 3.05) is 10.6 Å². The van der Waals surface area contributed by atoms with Gasteiger partial charge in [-0.1, -0.05) is 30.1 Å². The van der Waals surface area contributed by atoms with Crippen molar-refractivity contribution in [3.63, 3.8) is 0 Å². The molecule has 1 aromatic heterocycles. The van der Waals surface area contributed by atoms with Crippen LogP contribution in [0.1, 0.15) is 37.7 Å². The number of aromatic nitrogens is 1. The molecule has 4 atom stereocenters. The van der Waals surface area contributed by atoms with Crippen LogP contribution in [0.3, 0.4) is 0 Å². The van der Waals surface area contributed by atoms with Crippen molar-refractivity contribution in [1.29, 1.82) is 0 Å². The van der Waals surface area contributed by atoms with Crippen molar-refractivity contribution in [2.24, 2.45) is 5.92 Å². The standard InChI is InChI=1S/C21H21Cl2N3O3/c1-2-18(27)26-17-9-11(7-8-24-17)19-15-5-6-16(29-15)20(19)21(28)25-12-3-4-13(22)14(23)10-12/h3-4,7-10,15-16,19-20H,2,5-6H2,1H3,(H,25,28)(H,24,26,27)/t15-,16+,19-,20-/m0/s1. The molecular formula is C21H21Cl2N3O3. The number of ether oxygens (including phenoxy) is 1. The fourth-order valence-electron chi connectivity index (χ4n) is 4.19. The van der Waals surface area contributed by atoms with E-state index in [1.54, 1.807) is 31.3 Å². The third-order valence-electron chi connectivity index (χ3n) is 5.52. The van der Waals surface area contributed by atoms with Gasteiger partial charge < -0.3 is 15.4 Å². The minimum Gasteiger partial charge on any atom is -0.373 e. The number of halogens is 2. The number of anilines is 2. The van der Waals surface area contributed by atoms with Crippen LogP contribution in [-0.4, -0.2) is 29.0 Å². The Morgan fingerprint density at radius 2 is 1.90 bits per heavy atom. The van der Waals surface area contributed by atoms with E-state index in [0.717, 1.165) is 18.4 Å². The molecule has 6 nitrogen and oxygen atoms in total. The van der Waals surface area contributed by atoms with E-state index >= 15 is 0 Å². The van der Waals surface area contributed by atoms with Crippen molar-refractivity contribution in [3.8, 4) is 0 Å². The number of hydrogen-bond acceptors (Lipinski definition) is 4. The Bertz CT molecular complexity index is 953. The van der Waals surface area contributed by atoms with Crippen LogP contribution in [-0.2, 0) is 14.3 Å². The van der Waals surface area contributed by atoms with Crippen LogP contribution in [0.4, 0.5) is 11.5 Å². The SMILES string of the molecule is CCC(=O)Nc1cc([C@@H]2[C@@H](C(=O)Nc3ccc(Cl)c(Cl)c3)[C@H]3CC[C@@H]2O3)ccn1. The van der Waals surface area contributed by atoms with Crippen LogP contribution in [0.2, 0.25) is 10.0 Å². The number of carbonyl (C=O) groups excluding carboxylic acids is 2. The Morgan fingerprint density at radius 1 is 1.10 bits per heavy atom. The molecule has 2 fully saturated rings. The highest BCUT2D eigenvalue weighted by molar-refractivity contribution is 6.42. The van der Waals surface area contributed by atoms with Gasteiger partial charge in [0.25, 0.3) is 0 Å². The molecule has 0 spiro atoms. The van der Waals surface area contributed by atoms with Gasteiger partial charge in [0, 0.05) is 24.2 Å². The maximum Gasteiger partial charge on any atom is 0.230 e. The summed E-state index contributed by atoms with van der Waals surface area (Å²) in [4.78, 5) is 29.1. The van der Waals surface area contributed by atoms with E-state index < -0.39 is 0 Å². The molecule has 2 aliphatic rings. The molecule has 152 valence electrons. The number of hydrogen-bond donors (Lipinski definition) is 2. The average Bonchev–Trinajstić information content (AvgIpc) is 3.32. The van der Waals surface area contributed by atoms with Gasteiger partial charge in [0.2, 0.25) is 11.8 Å².